The molecule has 1 aromatic heterocycles. The van der Waals surface area contributed by atoms with Crippen molar-refractivity contribution in [1.29, 1.82) is 0 Å². The standard InChI is InChI=1S/C9H14N4O/c1-6(2)8(10)9(14)12-7-4-3-5-11-13-7/h3-6,8H,10H2,1-2H3,(H,12,13,14)/t8-/m0/s1. The molecule has 1 atom stereocenters. The van der Waals surface area contributed by atoms with E-state index >= 15 is 0 Å². The first kappa shape index (κ1) is 10.6. The van der Waals surface area contributed by atoms with Crippen LogP contribution in [-0.4, -0.2) is 22.1 Å². The summed E-state index contributed by atoms with van der Waals surface area (Å²) < 4.78 is 0. The molecular formula is C9H14N4O. The molecule has 76 valence electrons. The van der Waals surface area contributed by atoms with Crippen LogP contribution in [0.4, 0.5) is 5.82 Å². The van der Waals surface area contributed by atoms with E-state index in [0.29, 0.717) is 5.82 Å². The quantitative estimate of drug-likeness (QED) is 0.729. The number of nitrogens with one attached hydrogen (secondary N) is 1. The third kappa shape index (κ3) is 2.77. The number of aromatic nitrogens is 2. The number of amides is 1. The smallest absolute Gasteiger partial charge is 0.242 e. The Hall–Kier alpha value is -1.49. The number of carbonyl (C=O) groups excluding carboxylic acids is 1. The van der Waals surface area contributed by atoms with Gasteiger partial charge in [-0.15, -0.1) is 5.10 Å². The lowest BCUT2D eigenvalue weighted by atomic mass is 10.1. The van der Waals surface area contributed by atoms with E-state index in [1.165, 1.54) is 6.20 Å². The van der Waals surface area contributed by atoms with Crippen LogP contribution in [0, 0.1) is 5.92 Å². The Kier molecular flexibility index (Phi) is 3.53. The minimum Gasteiger partial charge on any atom is -0.320 e. The van der Waals surface area contributed by atoms with Crippen LogP contribution in [0.3, 0.4) is 0 Å². The van der Waals surface area contributed by atoms with Gasteiger partial charge >= 0.3 is 0 Å². The van der Waals surface area contributed by atoms with Gasteiger partial charge in [0, 0.05) is 6.20 Å². The first-order valence-electron chi connectivity index (χ1n) is 4.45. The molecule has 0 saturated heterocycles. The van der Waals surface area contributed by atoms with Gasteiger partial charge in [0.05, 0.1) is 6.04 Å². The van der Waals surface area contributed by atoms with Crippen molar-refractivity contribution in [2.45, 2.75) is 19.9 Å². The van der Waals surface area contributed by atoms with Crippen molar-refractivity contribution in [3.05, 3.63) is 18.3 Å². The number of rotatable bonds is 3. The van der Waals surface area contributed by atoms with Crippen LogP contribution < -0.4 is 11.1 Å². The van der Waals surface area contributed by atoms with E-state index in [1.807, 2.05) is 13.8 Å². The molecule has 1 rings (SSSR count). The van der Waals surface area contributed by atoms with Gasteiger partial charge in [-0.2, -0.15) is 5.10 Å². The fourth-order valence-electron chi connectivity index (χ4n) is 0.881. The van der Waals surface area contributed by atoms with Crippen molar-refractivity contribution >= 4 is 11.7 Å². The molecule has 3 N–H and O–H groups in total. The highest BCUT2D eigenvalue weighted by molar-refractivity contribution is 5.93. The van der Waals surface area contributed by atoms with Crippen LogP contribution in [0.5, 0.6) is 0 Å². The highest BCUT2D eigenvalue weighted by Crippen LogP contribution is 2.03. The van der Waals surface area contributed by atoms with Crippen LogP contribution in [0.15, 0.2) is 18.3 Å². The highest BCUT2D eigenvalue weighted by atomic mass is 16.2. The number of carbonyl (C=O) groups is 1. The maximum absolute atomic E-state index is 11.5. The number of nitrogens with two attached hydrogens (primary N) is 1. The molecule has 0 unspecified atom stereocenters. The summed E-state index contributed by atoms with van der Waals surface area (Å²) in [6, 6.07) is 2.85. The SMILES string of the molecule is CC(C)[C@H](N)C(=O)Nc1cccnn1. The van der Waals surface area contributed by atoms with Gasteiger partial charge in [0.15, 0.2) is 5.82 Å². The third-order valence-corrected chi connectivity index (χ3v) is 1.84. The first-order chi connectivity index (χ1) is 6.61. The van der Waals surface area contributed by atoms with Gasteiger partial charge in [-0.25, -0.2) is 0 Å². The minimum atomic E-state index is -0.517. The lowest BCUT2D eigenvalue weighted by Crippen LogP contribution is -2.39. The second-order valence-electron chi connectivity index (χ2n) is 3.37. The van der Waals surface area contributed by atoms with E-state index < -0.39 is 6.04 Å². The van der Waals surface area contributed by atoms with Gasteiger partial charge in [0.1, 0.15) is 0 Å². The highest BCUT2D eigenvalue weighted by Gasteiger charge is 2.17. The normalized spacial score (nSPS) is 12.6. The monoisotopic (exact) mass is 194 g/mol. The Morgan fingerprint density at radius 2 is 2.29 bits per heavy atom. The van der Waals surface area contributed by atoms with Crippen LogP contribution in [0.2, 0.25) is 0 Å². The van der Waals surface area contributed by atoms with Crippen molar-refractivity contribution in [3.8, 4) is 0 Å². The van der Waals surface area contributed by atoms with Gasteiger partial charge < -0.3 is 11.1 Å². The van der Waals surface area contributed by atoms with E-state index in [0.717, 1.165) is 0 Å². The van der Waals surface area contributed by atoms with Crippen LogP contribution in [-0.2, 0) is 4.79 Å². The lowest BCUT2D eigenvalue weighted by molar-refractivity contribution is -0.118. The fraction of sp³-hybridized carbons (Fsp3) is 0.444. The largest absolute Gasteiger partial charge is 0.320 e. The van der Waals surface area contributed by atoms with Crippen molar-refractivity contribution < 1.29 is 4.79 Å². The Labute approximate surface area is 82.7 Å². The molecule has 0 spiro atoms. The maximum Gasteiger partial charge on any atom is 0.242 e. The third-order valence-electron chi connectivity index (χ3n) is 1.84. The molecule has 0 saturated carbocycles. The van der Waals surface area contributed by atoms with Crippen LogP contribution in [0.25, 0.3) is 0 Å². The number of hydrogen-bond donors (Lipinski definition) is 2. The number of anilines is 1. The zero-order valence-corrected chi connectivity index (χ0v) is 8.27. The molecular weight excluding hydrogens is 180 g/mol. The van der Waals surface area contributed by atoms with E-state index in [-0.39, 0.29) is 11.8 Å². The predicted molar refractivity (Wildman–Crippen MR) is 53.5 cm³/mol. The molecule has 1 aromatic rings. The summed E-state index contributed by atoms with van der Waals surface area (Å²) in [5, 5.41) is 9.94. The molecule has 0 bridgehead atoms. The molecule has 0 aliphatic carbocycles. The van der Waals surface area contributed by atoms with Gasteiger partial charge in [-0.1, -0.05) is 13.8 Å². The summed E-state index contributed by atoms with van der Waals surface area (Å²) in [5.41, 5.74) is 5.65. The van der Waals surface area contributed by atoms with Crippen LogP contribution in [0.1, 0.15) is 13.8 Å². The Balaban J connectivity index is 2.58. The lowest BCUT2D eigenvalue weighted by Gasteiger charge is -2.14. The first-order valence-corrected chi connectivity index (χ1v) is 4.45. The van der Waals surface area contributed by atoms with E-state index in [2.05, 4.69) is 15.5 Å². The average Bonchev–Trinajstić information content (AvgIpc) is 2.18. The number of nitrogens with zero attached hydrogens (tertiary/aromatic N) is 2. The van der Waals surface area contributed by atoms with Gasteiger partial charge in [0.25, 0.3) is 0 Å². The molecule has 1 amide bonds. The topological polar surface area (TPSA) is 80.9 Å². The second-order valence-corrected chi connectivity index (χ2v) is 3.37. The molecule has 5 heteroatoms. The molecule has 5 nitrogen and oxygen atoms in total. The molecule has 0 aromatic carbocycles. The molecule has 0 radical (unpaired) electrons. The number of hydrogen-bond acceptors (Lipinski definition) is 4. The summed E-state index contributed by atoms with van der Waals surface area (Å²) in [6.45, 7) is 3.78. The summed E-state index contributed by atoms with van der Waals surface area (Å²) in [5.74, 6) is 0.292. The molecule has 14 heavy (non-hydrogen) atoms. The van der Waals surface area contributed by atoms with E-state index in [4.69, 9.17) is 5.73 Å². The molecule has 0 aliphatic heterocycles. The van der Waals surface area contributed by atoms with Crippen molar-refractivity contribution in [2.75, 3.05) is 5.32 Å². The van der Waals surface area contributed by atoms with E-state index in [9.17, 15) is 4.79 Å². The van der Waals surface area contributed by atoms with Crippen LogP contribution >= 0.6 is 0 Å². The van der Waals surface area contributed by atoms with Gasteiger partial charge in [-0.05, 0) is 18.1 Å². The summed E-state index contributed by atoms with van der Waals surface area (Å²) in [4.78, 5) is 11.5. The maximum atomic E-state index is 11.5. The summed E-state index contributed by atoms with van der Waals surface area (Å²) in [6.07, 6.45) is 1.54. The zero-order valence-electron chi connectivity index (χ0n) is 8.27. The fourth-order valence-corrected chi connectivity index (χ4v) is 0.881. The molecule has 1 heterocycles. The average molecular weight is 194 g/mol. The van der Waals surface area contributed by atoms with Gasteiger partial charge in [0.2, 0.25) is 5.91 Å². The zero-order chi connectivity index (χ0) is 10.6. The summed E-state index contributed by atoms with van der Waals surface area (Å²) in [7, 11) is 0. The van der Waals surface area contributed by atoms with Crippen molar-refractivity contribution in [3.63, 3.8) is 0 Å². The minimum absolute atomic E-state index is 0.103. The summed E-state index contributed by atoms with van der Waals surface area (Å²) >= 11 is 0. The predicted octanol–water partition coefficient (Wildman–Crippen LogP) is 0.398. The van der Waals surface area contributed by atoms with E-state index in [1.54, 1.807) is 12.1 Å². The Morgan fingerprint density at radius 1 is 1.57 bits per heavy atom. The van der Waals surface area contributed by atoms with Crippen molar-refractivity contribution in [2.24, 2.45) is 11.7 Å². The van der Waals surface area contributed by atoms with Gasteiger partial charge in [-0.3, -0.25) is 4.79 Å². The Morgan fingerprint density at radius 3 is 2.79 bits per heavy atom. The molecule has 0 aliphatic rings. The Bertz CT molecular complexity index is 299. The van der Waals surface area contributed by atoms with Crippen molar-refractivity contribution in [1.82, 2.24) is 10.2 Å². The molecule has 0 fully saturated rings. The second kappa shape index (κ2) is 4.66.